The van der Waals surface area contributed by atoms with Gasteiger partial charge in [-0.05, 0) is 43.2 Å². The molecule has 3 amide bonds. The third kappa shape index (κ3) is 12.3. The summed E-state index contributed by atoms with van der Waals surface area (Å²) in [5.74, 6) is -0.155. The predicted octanol–water partition coefficient (Wildman–Crippen LogP) is 5.59. The Morgan fingerprint density at radius 3 is 2.26 bits per heavy atom. The van der Waals surface area contributed by atoms with Gasteiger partial charge >= 0.3 is 0 Å². The number of furan rings is 1. The Morgan fingerprint density at radius 1 is 0.886 bits per heavy atom. The highest BCUT2D eigenvalue weighted by Gasteiger charge is 2.19. The highest BCUT2D eigenvalue weighted by atomic mass is 16.3. The van der Waals surface area contributed by atoms with Crippen molar-refractivity contribution < 1.29 is 18.8 Å². The zero-order chi connectivity index (χ0) is 25.3. The minimum Gasteiger partial charge on any atom is -0.467 e. The number of unbranched alkanes of at least 4 members (excludes halogenated alkanes) is 8. The molecule has 1 heterocycles. The molecule has 0 saturated heterocycles. The van der Waals surface area contributed by atoms with Crippen LogP contribution in [0.4, 0.5) is 5.69 Å². The maximum Gasteiger partial charge on any atom is 0.243 e. The second-order valence-electron chi connectivity index (χ2n) is 9.10. The number of amides is 3. The van der Waals surface area contributed by atoms with E-state index in [2.05, 4.69) is 17.6 Å². The van der Waals surface area contributed by atoms with Crippen LogP contribution in [0.25, 0.3) is 0 Å². The molecule has 1 aromatic heterocycles. The van der Waals surface area contributed by atoms with E-state index in [1.165, 1.54) is 43.4 Å². The van der Waals surface area contributed by atoms with Crippen LogP contribution >= 0.6 is 0 Å². The molecule has 35 heavy (non-hydrogen) atoms. The molecule has 1 aromatic carbocycles. The summed E-state index contributed by atoms with van der Waals surface area (Å²) < 4.78 is 5.38. The van der Waals surface area contributed by atoms with Crippen molar-refractivity contribution in [3.05, 3.63) is 54.0 Å². The number of carbonyl (C=O) groups excluding carboxylic acids is 3. The van der Waals surface area contributed by atoms with Gasteiger partial charge in [-0.25, -0.2) is 0 Å². The van der Waals surface area contributed by atoms with E-state index in [0.717, 1.165) is 24.8 Å². The fourth-order valence-electron chi connectivity index (χ4n) is 3.90. The van der Waals surface area contributed by atoms with Crippen molar-refractivity contribution in [2.45, 2.75) is 84.6 Å². The van der Waals surface area contributed by atoms with E-state index in [4.69, 9.17) is 4.42 Å². The first-order chi connectivity index (χ1) is 17.0. The SMILES string of the molecule is CCCCCCCCCCCC(=O)N(CC(=O)NCC(=O)Nc1cccc(C)c1)Cc1ccco1. The van der Waals surface area contributed by atoms with Gasteiger partial charge in [0.05, 0.1) is 19.4 Å². The van der Waals surface area contributed by atoms with Crippen molar-refractivity contribution in [2.24, 2.45) is 0 Å². The quantitative estimate of drug-likeness (QED) is 0.287. The van der Waals surface area contributed by atoms with Crippen LogP contribution in [0, 0.1) is 6.92 Å². The molecule has 2 rings (SSSR count). The molecular formula is C28H41N3O4. The first-order valence-electron chi connectivity index (χ1n) is 12.9. The molecule has 0 aliphatic carbocycles. The van der Waals surface area contributed by atoms with Gasteiger partial charge in [0.15, 0.2) is 0 Å². The van der Waals surface area contributed by atoms with Crippen LogP contribution < -0.4 is 10.6 Å². The molecule has 0 radical (unpaired) electrons. The van der Waals surface area contributed by atoms with E-state index >= 15 is 0 Å². The number of anilines is 1. The van der Waals surface area contributed by atoms with Crippen molar-refractivity contribution in [1.29, 1.82) is 0 Å². The summed E-state index contributed by atoms with van der Waals surface area (Å²) in [5, 5.41) is 5.37. The monoisotopic (exact) mass is 483 g/mol. The molecule has 0 spiro atoms. The van der Waals surface area contributed by atoms with Crippen LogP contribution in [0.3, 0.4) is 0 Å². The van der Waals surface area contributed by atoms with Crippen molar-refractivity contribution >= 4 is 23.4 Å². The molecule has 192 valence electrons. The lowest BCUT2D eigenvalue weighted by atomic mass is 10.1. The van der Waals surface area contributed by atoms with Crippen molar-refractivity contribution in [3.63, 3.8) is 0 Å². The first-order valence-corrected chi connectivity index (χ1v) is 12.9. The van der Waals surface area contributed by atoms with E-state index in [9.17, 15) is 14.4 Å². The van der Waals surface area contributed by atoms with Gasteiger partial charge in [-0.2, -0.15) is 0 Å². The van der Waals surface area contributed by atoms with Crippen molar-refractivity contribution in [2.75, 3.05) is 18.4 Å². The number of rotatable bonds is 17. The van der Waals surface area contributed by atoms with E-state index in [0.29, 0.717) is 17.9 Å². The zero-order valence-electron chi connectivity index (χ0n) is 21.3. The number of carbonyl (C=O) groups is 3. The number of benzene rings is 1. The molecule has 2 N–H and O–H groups in total. The number of nitrogens with zero attached hydrogens (tertiary/aromatic N) is 1. The lowest BCUT2D eigenvalue weighted by Gasteiger charge is -2.21. The summed E-state index contributed by atoms with van der Waals surface area (Å²) in [5.41, 5.74) is 1.71. The Bertz CT molecular complexity index is 895. The van der Waals surface area contributed by atoms with Crippen LogP contribution in [0.15, 0.2) is 47.1 Å². The smallest absolute Gasteiger partial charge is 0.243 e. The molecule has 0 unspecified atom stereocenters. The minimum atomic E-state index is -0.378. The number of hydrogen-bond donors (Lipinski definition) is 2. The second-order valence-corrected chi connectivity index (χ2v) is 9.10. The van der Waals surface area contributed by atoms with Gasteiger partial charge in [0, 0.05) is 12.1 Å². The third-order valence-electron chi connectivity index (χ3n) is 5.86. The lowest BCUT2D eigenvalue weighted by molar-refractivity contribution is -0.137. The normalized spacial score (nSPS) is 10.7. The Labute approximate surface area is 209 Å². The predicted molar refractivity (Wildman–Crippen MR) is 139 cm³/mol. The van der Waals surface area contributed by atoms with Gasteiger partial charge in [0.2, 0.25) is 17.7 Å². The average molecular weight is 484 g/mol. The van der Waals surface area contributed by atoms with E-state index < -0.39 is 0 Å². The molecule has 7 heteroatoms. The highest BCUT2D eigenvalue weighted by Crippen LogP contribution is 2.13. The number of nitrogens with one attached hydrogen (secondary N) is 2. The van der Waals surface area contributed by atoms with Crippen LogP contribution in [-0.4, -0.2) is 35.7 Å². The summed E-state index contributed by atoms with van der Waals surface area (Å²) in [6.07, 6.45) is 12.5. The van der Waals surface area contributed by atoms with E-state index in [1.54, 1.807) is 24.5 Å². The van der Waals surface area contributed by atoms with E-state index in [-0.39, 0.29) is 37.4 Å². The maximum atomic E-state index is 12.8. The van der Waals surface area contributed by atoms with Crippen LogP contribution in [0.2, 0.25) is 0 Å². The molecule has 0 bridgehead atoms. The molecule has 0 saturated carbocycles. The van der Waals surface area contributed by atoms with Crippen LogP contribution in [0.1, 0.15) is 82.5 Å². The highest BCUT2D eigenvalue weighted by molar-refractivity contribution is 5.95. The average Bonchev–Trinajstić information content (AvgIpc) is 3.34. The molecule has 0 atom stereocenters. The molecule has 0 aliphatic rings. The van der Waals surface area contributed by atoms with Gasteiger partial charge in [-0.1, -0.05) is 70.4 Å². The molecule has 0 aliphatic heterocycles. The fraction of sp³-hybridized carbons (Fsp3) is 0.536. The summed E-state index contributed by atoms with van der Waals surface area (Å²) in [6.45, 7) is 4.12. The lowest BCUT2D eigenvalue weighted by Crippen LogP contribution is -2.42. The Morgan fingerprint density at radius 2 is 1.60 bits per heavy atom. The van der Waals surface area contributed by atoms with Gasteiger partial charge in [-0.15, -0.1) is 0 Å². The summed E-state index contributed by atoms with van der Waals surface area (Å²) in [4.78, 5) is 39.0. The van der Waals surface area contributed by atoms with Gasteiger partial charge in [0.1, 0.15) is 12.3 Å². The summed E-state index contributed by atoms with van der Waals surface area (Å²) >= 11 is 0. The summed E-state index contributed by atoms with van der Waals surface area (Å²) in [6, 6.07) is 11.0. The maximum absolute atomic E-state index is 12.8. The van der Waals surface area contributed by atoms with Crippen molar-refractivity contribution in [3.8, 4) is 0 Å². The minimum absolute atomic E-state index is 0.0799. The van der Waals surface area contributed by atoms with Crippen LogP contribution in [0.5, 0.6) is 0 Å². The fourth-order valence-corrected chi connectivity index (χ4v) is 3.90. The van der Waals surface area contributed by atoms with Crippen LogP contribution in [-0.2, 0) is 20.9 Å². The Hall–Kier alpha value is -3.09. The Balaban J connectivity index is 1.74. The molecule has 0 fully saturated rings. The Kier molecular flexibility index (Phi) is 13.3. The first kappa shape index (κ1) is 28.1. The van der Waals surface area contributed by atoms with Crippen molar-refractivity contribution in [1.82, 2.24) is 10.2 Å². The standard InChI is InChI=1S/C28H41N3O4/c1-3-4-5-6-7-8-9-10-11-17-28(34)31(21-25-16-13-18-35-25)22-27(33)29-20-26(32)30-24-15-12-14-23(2)19-24/h12-16,18-19H,3-11,17,20-22H2,1-2H3,(H,29,33)(H,30,32). The zero-order valence-corrected chi connectivity index (χ0v) is 21.3. The largest absolute Gasteiger partial charge is 0.467 e. The van der Waals surface area contributed by atoms with Gasteiger partial charge in [-0.3, -0.25) is 14.4 Å². The third-order valence-corrected chi connectivity index (χ3v) is 5.86. The summed E-state index contributed by atoms with van der Waals surface area (Å²) in [7, 11) is 0. The second kappa shape index (κ2) is 16.5. The van der Waals surface area contributed by atoms with Gasteiger partial charge in [0.25, 0.3) is 0 Å². The number of hydrogen-bond acceptors (Lipinski definition) is 4. The topological polar surface area (TPSA) is 91.7 Å². The van der Waals surface area contributed by atoms with E-state index in [1.807, 2.05) is 25.1 Å². The van der Waals surface area contributed by atoms with Gasteiger partial charge < -0.3 is 20.0 Å². The number of aryl methyl sites for hydroxylation is 1. The molecule has 7 nitrogen and oxygen atoms in total. The molecule has 2 aromatic rings. The molecular weight excluding hydrogens is 442 g/mol.